The van der Waals surface area contributed by atoms with Crippen LogP contribution in [0.15, 0.2) is 41.2 Å². The van der Waals surface area contributed by atoms with Crippen molar-refractivity contribution >= 4 is 39.8 Å². The Morgan fingerprint density at radius 2 is 1.74 bits per heavy atom. The maximum atomic E-state index is 13.0. The van der Waals surface area contributed by atoms with Gasteiger partial charge in [0.15, 0.2) is 0 Å². The number of rotatable bonds is 2. The van der Waals surface area contributed by atoms with Gasteiger partial charge in [0.2, 0.25) is 0 Å². The minimum Gasteiger partial charge on any atom is -0.397 e. The van der Waals surface area contributed by atoms with Crippen LogP contribution < -0.4 is 11.3 Å². The molecule has 3 rings (SSSR count). The highest BCUT2D eigenvalue weighted by molar-refractivity contribution is 6.37. The van der Waals surface area contributed by atoms with E-state index in [1.807, 2.05) is 13.8 Å². The third-order valence-corrected chi connectivity index (χ3v) is 4.29. The van der Waals surface area contributed by atoms with E-state index in [1.165, 1.54) is 0 Å². The molecular formula is C17H15Cl2N3O. The highest BCUT2D eigenvalue weighted by Crippen LogP contribution is 2.28. The van der Waals surface area contributed by atoms with Gasteiger partial charge in [0.05, 0.1) is 27.3 Å². The molecule has 0 bridgehead atoms. The molecule has 0 atom stereocenters. The molecule has 0 aliphatic rings. The fraction of sp³-hybridized carbons (Fsp3) is 0.176. The minimum atomic E-state index is -0.178. The first-order valence-electron chi connectivity index (χ1n) is 7.16. The predicted molar refractivity (Wildman–Crippen MR) is 95.9 cm³/mol. The van der Waals surface area contributed by atoms with Crippen molar-refractivity contribution in [1.82, 2.24) is 9.55 Å². The molecule has 2 N–H and O–H groups in total. The normalized spacial score (nSPS) is 11.3. The Hall–Kier alpha value is -2.04. The monoisotopic (exact) mass is 347 g/mol. The van der Waals surface area contributed by atoms with Crippen LogP contribution in [0, 0.1) is 0 Å². The summed E-state index contributed by atoms with van der Waals surface area (Å²) in [4.78, 5) is 17.6. The third-order valence-electron chi connectivity index (χ3n) is 3.64. The van der Waals surface area contributed by atoms with Crippen LogP contribution in [0.3, 0.4) is 0 Å². The maximum Gasteiger partial charge on any atom is 0.266 e. The Morgan fingerprint density at radius 3 is 2.35 bits per heavy atom. The van der Waals surface area contributed by atoms with Crippen molar-refractivity contribution in [1.29, 1.82) is 0 Å². The number of nitrogens with zero attached hydrogens (tertiary/aromatic N) is 2. The molecular weight excluding hydrogens is 333 g/mol. The molecule has 0 saturated heterocycles. The smallest absolute Gasteiger partial charge is 0.266 e. The summed E-state index contributed by atoms with van der Waals surface area (Å²) in [6.07, 6.45) is 0. The number of nitrogens with two attached hydrogens (primary N) is 1. The van der Waals surface area contributed by atoms with E-state index >= 15 is 0 Å². The summed E-state index contributed by atoms with van der Waals surface area (Å²) in [5.74, 6) is 0.651. The largest absolute Gasteiger partial charge is 0.397 e. The Morgan fingerprint density at radius 1 is 1.09 bits per heavy atom. The van der Waals surface area contributed by atoms with Crippen molar-refractivity contribution in [3.05, 3.63) is 62.6 Å². The van der Waals surface area contributed by atoms with Crippen LogP contribution in [-0.4, -0.2) is 9.55 Å². The number of hydrogen-bond acceptors (Lipinski definition) is 3. The van der Waals surface area contributed by atoms with Gasteiger partial charge < -0.3 is 5.73 Å². The third kappa shape index (κ3) is 2.69. The molecule has 1 heterocycles. The summed E-state index contributed by atoms with van der Waals surface area (Å²) >= 11 is 12.2. The second-order valence-corrected chi connectivity index (χ2v) is 6.42. The average Bonchev–Trinajstić information content (AvgIpc) is 2.52. The molecule has 0 spiro atoms. The summed E-state index contributed by atoms with van der Waals surface area (Å²) in [6, 6.07) is 10.3. The molecule has 23 heavy (non-hydrogen) atoms. The first kappa shape index (κ1) is 15.8. The number of nitrogen functional groups attached to an aromatic ring is 1. The summed E-state index contributed by atoms with van der Waals surface area (Å²) in [7, 11) is 0. The van der Waals surface area contributed by atoms with Crippen LogP contribution in [-0.2, 0) is 0 Å². The number of fused-ring (bicyclic) bond motifs is 1. The lowest BCUT2D eigenvalue weighted by molar-refractivity contribution is 0.723. The SMILES string of the molecule is CC(C)c1nc2c(Cl)c(N)ccc2c(=O)n1-c1ccc(Cl)cc1. The molecule has 118 valence electrons. The Bertz CT molecular complexity index is 947. The molecule has 4 nitrogen and oxygen atoms in total. The number of benzene rings is 2. The zero-order valence-electron chi connectivity index (χ0n) is 12.7. The average molecular weight is 348 g/mol. The van der Waals surface area contributed by atoms with Crippen molar-refractivity contribution in [3.8, 4) is 5.69 Å². The van der Waals surface area contributed by atoms with Gasteiger partial charge in [-0.3, -0.25) is 9.36 Å². The van der Waals surface area contributed by atoms with Crippen molar-refractivity contribution < 1.29 is 0 Å². The topological polar surface area (TPSA) is 60.9 Å². The lowest BCUT2D eigenvalue weighted by Crippen LogP contribution is -2.24. The Kier molecular flexibility index (Phi) is 4.04. The number of aromatic nitrogens is 2. The predicted octanol–water partition coefficient (Wildman–Crippen LogP) is 4.40. The summed E-state index contributed by atoms with van der Waals surface area (Å²) in [5, 5.41) is 1.35. The second-order valence-electron chi connectivity index (χ2n) is 5.61. The van der Waals surface area contributed by atoms with Gasteiger partial charge in [0.25, 0.3) is 5.56 Å². The quantitative estimate of drug-likeness (QED) is 0.699. The number of halogens is 2. The zero-order valence-corrected chi connectivity index (χ0v) is 14.2. The Labute approximate surface area is 143 Å². The molecule has 0 amide bonds. The number of hydrogen-bond donors (Lipinski definition) is 1. The van der Waals surface area contributed by atoms with Crippen LogP contribution in [0.25, 0.3) is 16.6 Å². The van der Waals surface area contributed by atoms with E-state index in [4.69, 9.17) is 28.9 Å². The molecule has 2 aromatic carbocycles. The number of anilines is 1. The highest BCUT2D eigenvalue weighted by Gasteiger charge is 2.17. The van der Waals surface area contributed by atoms with Gasteiger partial charge in [0.1, 0.15) is 5.82 Å². The van der Waals surface area contributed by atoms with Crippen molar-refractivity contribution in [2.75, 3.05) is 5.73 Å². The summed E-state index contributed by atoms with van der Waals surface area (Å²) in [6.45, 7) is 3.94. The molecule has 1 aromatic heterocycles. The van der Waals surface area contributed by atoms with Gasteiger partial charge in [-0.15, -0.1) is 0 Å². The first-order valence-corrected chi connectivity index (χ1v) is 7.92. The summed E-state index contributed by atoms with van der Waals surface area (Å²) in [5.41, 5.74) is 7.21. The van der Waals surface area contributed by atoms with Gasteiger partial charge >= 0.3 is 0 Å². The fourth-order valence-electron chi connectivity index (χ4n) is 2.48. The van der Waals surface area contributed by atoms with Crippen molar-refractivity contribution in [2.24, 2.45) is 0 Å². The van der Waals surface area contributed by atoms with Crippen LogP contribution >= 0.6 is 23.2 Å². The van der Waals surface area contributed by atoms with Gasteiger partial charge in [-0.2, -0.15) is 0 Å². The zero-order chi connectivity index (χ0) is 16.7. The van der Waals surface area contributed by atoms with Gasteiger partial charge in [-0.25, -0.2) is 4.98 Å². The van der Waals surface area contributed by atoms with E-state index in [9.17, 15) is 4.79 Å². The van der Waals surface area contributed by atoms with E-state index in [1.54, 1.807) is 41.0 Å². The van der Waals surface area contributed by atoms with Crippen molar-refractivity contribution in [3.63, 3.8) is 0 Å². The molecule has 3 aromatic rings. The fourth-order valence-corrected chi connectivity index (χ4v) is 2.81. The maximum absolute atomic E-state index is 13.0. The lowest BCUT2D eigenvalue weighted by atomic mass is 10.1. The van der Waals surface area contributed by atoms with E-state index in [2.05, 4.69) is 4.98 Å². The van der Waals surface area contributed by atoms with Crippen LogP contribution in [0.5, 0.6) is 0 Å². The standard InChI is InChI=1S/C17H15Cl2N3O/c1-9(2)16-21-15-12(7-8-13(20)14(15)19)17(23)22(16)11-5-3-10(18)4-6-11/h3-9H,20H2,1-2H3. The van der Waals surface area contributed by atoms with E-state index in [0.717, 1.165) is 0 Å². The molecule has 0 saturated carbocycles. The lowest BCUT2D eigenvalue weighted by Gasteiger charge is -2.16. The van der Waals surface area contributed by atoms with Crippen molar-refractivity contribution in [2.45, 2.75) is 19.8 Å². The van der Waals surface area contributed by atoms with Gasteiger partial charge in [0, 0.05) is 10.9 Å². The van der Waals surface area contributed by atoms with Gasteiger partial charge in [-0.1, -0.05) is 37.0 Å². The molecule has 0 aliphatic carbocycles. The van der Waals surface area contributed by atoms with E-state index in [0.29, 0.717) is 38.1 Å². The van der Waals surface area contributed by atoms with E-state index < -0.39 is 0 Å². The molecule has 0 unspecified atom stereocenters. The molecule has 6 heteroatoms. The van der Waals surface area contributed by atoms with E-state index in [-0.39, 0.29) is 11.5 Å². The van der Waals surface area contributed by atoms with Gasteiger partial charge in [-0.05, 0) is 36.4 Å². The molecule has 0 fully saturated rings. The summed E-state index contributed by atoms with van der Waals surface area (Å²) < 4.78 is 1.59. The van der Waals surface area contributed by atoms with Crippen LogP contribution in [0.4, 0.5) is 5.69 Å². The second kappa shape index (κ2) is 5.87. The first-order chi connectivity index (χ1) is 10.9. The molecule has 0 aliphatic heterocycles. The molecule has 0 radical (unpaired) electrons. The minimum absolute atomic E-state index is 0.0280. The Balaban J connectivity index is 2.43. The highest BCUT2D eigenvalue weighted by atomic mass is 35.5. The van der Waals surface area contributed by atoms with Crippen LogP contribution in [0.1, 0.15) is 25.6 Å². The van der Waals surface area contributed by atoms with Crippen LogP contribution in [0.2, 0.25) is 10.0 Å².